The predicted octanol–water partition coefficient (Wildman–Crippen LogP) is 3.19. The van der Waals surface area contributed by atoms with Crippen LogP contribution in [0.3, 0.4) is 0 Å². The summed E-state index contributed by atoms with van der Waals surface area (Å²) in [6.07, 6.45) is 4.17. The number of ether oxygens (including phenoxy) is 1. The first kappa shape index (κ1) is 11.5. The molecule has 0 unspecified atom stereocenters. The molecule has 0 radical (unpaired) electrons. The van der Waals surface area contributed by atoms with Crippen molar-refractivity contribution in [3.63, 3.8) is 0 Å². The van der Waals surface area contributed by atoms with Gasteiger partial charge >= 0.3 is 0 Å². The van der Waals surface area contributed by atoms with E-state index in [1.807, 2.05) is 31.2 Å². The highest BCUT2D eigenvalue weighted by molar-refractivity contribution is 5.84. The Morgan fingerprint density at radius 1 is 1.29 bits per heavy atom. The number of benzene rings is 1. The SMILES string of the molecule is COc1cccc(C#CC2=CCCC(C)=N2)c1. The highest BCUT2D eigenvalue weighted by Gasteiger charge is 1.99. The van der Waals surface area contributed by atoms with Crippen molar-refractivity contribution in [2.75, 3.05) is 7.11 Å². The van der Waals surface area contributed by atoms with Gasteiger partial charge in [0.15, 0.2) is 0 Å². The van der Waals surface area contributed by atoms with Crippen molar-refractivity contribution in [1.29, 1.82) is 0 Å². The summed E-state index contributed by atoms with van der Waals surface area (Å²) in [7, 11) is 1.66. The van der Waals surface area contributed by atoms with E-state index >= 15 is 0 Å². The lowest BCUT2D eigenvalue weighted by molar-refractivity contribution is 0.414. The minimum absolute atomic E-state index is 0.828. The average molecular weight is 225 g/mol. The molecule has 0 aromatic heterocycles. The number of allylic oxidation sites excluding steroid dienone is 2. The molecule has 1 aromatic rings. The van der Waals surface area contributed by atoms with Crippen molar-refractivity contribution >= 4 is 5.71 Å². The van der Waals surface area contributed by atoms with Gasteiger partial charge in [0, 0.05) is 11.3 Å². The number of nitrogens with zero attached hydrogens (tertiary/aromatic N) is 1. The smallest absolute Gasteiger partial charge is 0.120 e. The molecule has 17 heavy (non-hydrogen) atoms. The van der Waals surface area contributed by atoms with Crippen LogP contribution in [0.1, 0.15) is 25.3 Å². The van der Waals surface area contributed by atoms with E-state index in [0.29, 0.717) is 0 Å². The Morgan fingerprint density at radius 3 is 2.94 bits per heavy atom. The Bertz CT molecular complexity index is 529. The summed E-state index contributed by atoms with van der Waals surface area (Å²) in [5.41, 5.74) is 2.97. The molecule has 0 N–H and O–H groups in total. The fourth-order valence-corrected chi connectivity index (χ4v) is 1.64. The molecule has 86 valence electrons. The maximum Gasteiger partial charge on any atom is 0.120 e. The van der Waals surface area contributed by atoms with E-state index in [-0.39, 0.29) is 0 Å². The molecule has 0 atom stereocenters. The minimum Gasteiger partial charge on any atom is -0.497 e. The molecule has 0 aliphatic carbocycles. The summed E-state index contributed by atoms with van der Waals surface area (Å²) in [6.45, 7) is 2.04. The second-order valence-corrected chi connectivity index (χ2v) is 3.96. The molecular formula is C15H15NO. The van der Waals surface area contributed by atoms with Gasteiger partial charge in [0.2, 0.25) is 0 Å². The molecule has 2 heteroatoms. The molecule has 0 amide bonds. The third kappa shape index (κ3) is 3.22. The van der Waals surface area contributed by atoms with E-state index in [2.05, 4.69) is 22.9 Å². The molecule has 1 aromatic carbocycles. The summed E-state index contributed by atoms with van der Waals surface area (Å²) in [5.74, 6) is 7.02. The van der Waals surface area contributed by atoms with E-state index < -0.39 is 0 Å². The van der Waals surface area contributed by atoms with Crippen LogP contribution < -0.4 is 4.74 Å². The van der Waals surface area contributed by atoms with Gasteiger partial charge in [-0.1, -0.05) is 12.0 Å². The molecule has 0 saturated heterocycles. The fourth-order valence-electron chi connectivity index (χ4n) is 1.64. The van der Waals surface area contributed by atoms with Gasteiger partial charge in [-0.05, 0) is 50.0 Å². The quantitative estimate of drug-likeness (QED) is 0.673. The van der Waals surface area contributed by atoms with E-state index in [0.717, 1.165) is 35.6 Å². The summed E-state index contributed by atoms with van der Waals surface area (Å²) in [5, 5.41) is 0. The predicted molar refractivity (Wildman–Crippen MR) is 70.3 cm³/mol. The van der Waals surface area contributed by atoms with Crippen LogP contribution in [-0.2, 0) is 0 Å². The van der Waals surface area contributed by atoms with Crippen molar-refractivity contribution in [3.05, 3.63) is 41.6 Å². The van der Waals surface area contributed by atoms with Crippen molar-refractivity contribution in [2.24, 2.45) is 4.99 Å². The molecule has 0 saturated carbocycles. The lowest BCUT2D eigenvalue weighted by atomic mass is 10.1. The monoisotopic (exact) mass is 225 g/mol. The zero-order valence-electron chi connectivity index (χ0n) is 10.2. The fraction of sp³-hybridized carbons (Fsp3) is 0.267. The highest BCUT2D eigenvalue weighted by atomic mass is 16.5. The van der Waals surface area contributed by atoms with Crippen LogP contribution in [0.4, 0.5) is 0 Å². The van der Waals surface area contributed by atoms with E-state index in [4.69, 9.17) is 4.74 Å². The van der Waals surface area contributed by atoms with E-state index in [1.165, 1.54) is 0 Å². The van der Waals surface area contributed by atoms with Crippen molar-refractivity contribution in [3.8, 4) is 17.6 Å². The molecule has 0 fully saturated rings. The van der Waals surface area contributed by atoms with Crippen LogP contribution in [0, 0.1) is 11.8 Å². The van der Waals surface area contributed by atoms with Gasteiger partial charge in [-0.3, -0.25) is 0 Å². The second-order valence-electron chi connectivity index (χ2n) is 3.96. The van der Waals surface area contributed by atoms with Crippen molar-refractivity contribution < 1.29 is 4.74 Å². The Kier molecular flexibility index (Phi) is 3.62. The third-order valence-corrected chi connectivity index (χ3v) is 2.56. The van der Waals surface area contributed by atoms with Crippen LogP contribution in [-0.4, -0.2) is 12.8 Å². The summed E-state index contributed by atoms with van der Waals surface area (Å²) >= 11 is 0. The van der Waals surface area contributed by atoms with Gasteiger partial charge in [0.05, 0.1) is 7.11 Å². The maximum absolute atomic E-state index is 5.15. The van der Waals surface area contributed by atoms with Crippen LogP contribution in [0.2, 0.25) is 0 Å². The zero-order valence-corrected chi connectivity index (χ0v) is 10.2. The molecule has 2 rings (SSSR count). The molecular weight excluding hydrogens is 210 g/mol. The number of hydrogen-bond acceptors (Lipinski definition) is 2. The van der Waals surface area contributed by atoms with Gasteiger partial charge < -0.3 is 4.74 Å². The first-order valence-electron chi connectivity index (χ1n) is 5.68. The highest BCUT2D eigenvalue weighted by Crippen LogP contribution is 2.13. The van der Waals surface area contributed by atoms with Gasteiger partial charge in [-0.15, -0.1) is 0 Å². The molecule has 1 heterocycles. The molecule has 1 aliphatic heterocycles. The summed E-state index contributed by atoms with van der Waals surface area (Å²) < 4.78 is 5.15. The molecule has 0 spiro atoms. The third-order valence-electron chi connectivity index (χ3n) is 2.56. The average Bonchev–Trinajstić information content (AvgIpc) is 2.37. The first-order valence-corrected chi connectivity index (χ1v) is 5.68. The Hall–Kier alpha value is -2.01. The molecule has 1 aliphatic rings. The van der Waals surface area contributed by atoms with Gasteiger partial charge in [-0.25, -0.2) is 4.99 Å². The first-order chi connectivity index (χ1) is 8.28. The summed E-state index contributed by atoms with van der Waals surface area (Å²) in [4.78, 5) is 4.41. The van der Waals surface area contributed by atoms with Gasteiger partial charge in [0.1, 0.15) is 11.4 Å². The maximum atomic E-state index is 5.15. The van der Waals surface area contributed by atoms with Gasteiger partial charge in [0.25, 0.3) is 0 Å². The number of hydrogen-bond donors (Lipinski definition) is 0. The number of aliphatic imine (C=N–C) groups is 1. The normalized spacial score (nSPS) is 14.2. The standard InChI is InChI=1S/C15H15NO/c1-12-5-3-7-14(16-12)10-9-13-6-4-8-15(11-13)17-2/h4,6-8,11H,3,5H2,1-2H3. The van der Waals surface area contributed by atoms with E-state index in [1.54, 1.807) is 7.11 Å². The molecule has 0 bridgehead atoms. The van der Waals surface area contributed by atoms with E-state index in [9.17, 15) is 0 Å². The van der Waals surface area contributed by atoms with Crippen LogP contribution in [0.25, 0.3) is 0 Å². The van der Waals surface area contributed by atoms with Crippen molar-refractivity contribution in [2.45, 2.75) is 19.8 Å². The lowest BCUT2D eigenvalue weighted by Gasteiger charge is -2.04. The minimum atomic E-state index is 0.828. The lowest BCUT2D eigenvalue weighted by Crippen LogP contribution is -1.96. The number of methoxy groups -OCH3 is 1. The summed E-state index contributed by atoms with van der Waals surface area (Å²) in [6, 6.07) is 7.74. The van der Waals surface area contributed by atoms with Gasteiger partial charge in [-0.2, -0.15) is 0 Å². The largest absolute Gasteiger partial charge is 0.497 e. The Balaban J connectivity index is 2.18. The Morgan fingerprint density at radius 2 is 2.18 bits per heavy atom. The van der Waals surface area contributed by atoms with Crippen molar-refractivity contribution in [1.82, 2.24) is 0 Å². The van der Waals surface area contributed by atoms with Crippen LogP contribution in [0.15, 0.2) is 41.0 Å². The number of rotatable bonds is 1. The topological polar surface area (TPSA) is 21.6 Å². The van der Waals surface area contributed by atoms with Crippen LogP contribution >= 0.6 is 0 Å². The second kappa shape index (κ2) is 5.36. The molecule has 2 nitrogen and oxygen atoms in total. The zero-order chi connectivity index (χ0) is 12.1. The van der Waals surface area contributed by atoms with Crippen LogP contribution in [0.5, 0.6) is 5.75 Å². The Labute approximate surface area is 102 Å².